The van der Waals surface area contributed by atoms with Gasteiger partial charge in [-0.3, -0.25) is 10.1 Å². The Morgan fingerprint density at radius 1 is 1.56 bits per heavy atom. The lowest BCUT2D eigenvalue weighted by Gasteiger charge is -2.10. The van der Waals surface area contributed by atoms with Gasteiger partial charge in [-0.1, -0.05) is 5.21 Å². The zero-order valence-electron chi connectivity index (χ0n) is 9.78. The molecule has 0 aromatic carbocycles. The van der Waals surface area contributed by atoms with Gasteiger partial charge < -0.3 is 5.32 Å². The number of H-pyrrole nitrogens is 1. The average Bonchev–Trinajstić information content (AvgIpc) is 2.84. The van der Waals surface area contributed by atoms with Crippen LogP contribution in [0, 0.1) is 17.0 Å². The molecule has 94 valence electrons. The molecule has 2 aromatic heterocycles. The summed E-state index contributed by atoms with van der Waals surface area (Å²) in [6, 6.07) is 1.12. The van der Waals surface area contributed by atoms with E-state index in [4.69, 9.17) is 0 Å². The highest BCUT2D eigenvalue weighted by atomic mass is 16.6. The predicted octanol–water partition coefficient (Wildman–Crippen LogP) is 0.984. The van der Waals surface area contributed by atoms with E-state index in [9.17, 15) is 10.1 Å². The number of nitrogens with one attached hydrogen (secondary N) is 2. The molecule has 0 spiro atoms. The number of aryl methyl sites for hydroxylation is 1. The highest BCUT2D eigenvalue weighted by Crippen LogP contribution is 2.25. The molecule has 0 bridgehead atoms. The summed E-state index contributed by atoms with van der Waals surface area (Å²) >= 11 is 0. The van der Waals surface area contributed by atoms with Crippen LogP contribution in [-0.4, -0.2) is 30.5 Å². The van der Waals surface area contributed by atoms with Crippen LogP contribution in [0.4, 0.5) is 11.5 Å². The topological polar surface area (TPSA) is 123 Å². The number of anilines is 1. The van der Waals surface area contributed by atoms with Crippen LogP contribution in [0.2, 0.25) is 0 Å². The Bertz CT molecular complexity index is 554. The number of hydrogen-bond donors (Lipinski definition) is 2. The molecule has 0 aliphatic carbocycles. The highest BCUT2D eigenvalue weighted by molar-refractivity contribution is 5.57. The molecule has 0 saturated heterocycles. The van der Waals surface area contributed by atoms with Crippen LogP contribution in [0.1, 0.15) is 24.4 Å². The van der Waals surface area contributed by atoms with Crippen LogP contribution in [0.25, 0.3) is 0 Å². The van der Waals surface area contributed by atoms with E-state index in [1.54, 1.807) is 20.0 Å². The van der Waals surface area contributed by atoms with Gasteiger partial charge in [-0.05, 0) is 19.4 Å². The van der Waals surface area contributed by atoms with Gasteiger partial charge in [-0.25, -0.2) is 4.98 Å². The van der Waals surface area contributed by atoms with Gasteiger partial charge in [0.2, 0.25) is 5.82 Å². The summed E-state index contributed by atoms with van der Waals surface area (Å²) in [5.41, 5.74) is 0.643. The number of pyridine rings is 1. The molecule has 1 atom stereocenters. The van der Waals surface area contributed by atoms with Gasteiger partial charge in [0.1, 0.15) is 0 Å². The Morgan fingerprint density at radius 2 is 2.33 bits per heavy atom. The van der Waals surface area contributed by atoms with Crippen molar-refractivity contribution in [2.24, 2.45) is 0 Å². The lowest BCUT2D eigenvalue weighted by molar-refractivity contribution is -0.384. The van der Waals surface area contributed by atoms with Crippen molar-refractivity contribution >= 4 is 11.5 Å². The van der Waals surface area contributed by atoms with E-state index in [0.717, 1.165) is 5.56 Å². The van der Waals surface area contributed by atoms with Crippen molar-refractivity contribution in [3.63, 3.8) is 0 Å². The summed E-state index contributed by atoms with van der Waals surface area (Å²) in [6.45, 7) is 3.50. The van der Waals surface area contributed by atoms with E-state index in [0.29, 0.717) is 5.82 Å². The Hall–Kier alpha value is -2.58. The minimum atomic E-state index is -0.481. The number of aromatic nitrogens is 5. The molecule has 0 radical (unpaired) electrons. The third-order valence-corrected chi connectivity index (χ3v) is 2.30. The van der Waals surface area contributed by atoms with E-state index < -0.39 is 4.92 Å². The second-order valence-corrected chi connectivity index (χ2v) is 3.77. The summed E-state index contributed by atoms with van der Waals surface area (Å²) < 4.78 is 0. The predicted molar refractivity (Wildman–Crippen MR) is 61.8 cm³/mol. The fourth-order valence-electron chi connectivity index (χ4n) is 1.43. The highest BCUT2D eigenvalue weighted by Gasteiger charge is 2.19. The number of hydrogen-bond acceptors (Lipinski definition) is 7. The molecule has 0 amide bonds. The first-order valence-electron chi connectivity index (χ1n) is 5.19. The molecule has 9 nitrogen and oxygen atoms in total. The molecule has 0 aliphatic heterocycles. The summed E-state index contributed by atoms with van der Waals surface area (Å²) in [4.78, 5) is 14.4. The molecule has 2 rings (SSSR count). The van der Waals surface area contributed by atoms with Crippen LogP contribution >= 0.6 is 0 Å². The quantitative estimate of drug-likeness (QED) is 0.611. The second kappa shape index (κ2) is 4.73. The third kappa shape index (κ3) is 2.39. The van der Waals surface area contributed by atoms with Gasteiger partial charge in [0.25, 0.3) is 0 Å². The first-order valence-corrected chi connectivity index (χ1v) is 5.19. The summed E-state index contributed by atoms with van der Waals surface area (Å²) in [6.07, 6.45) is 1.55. The maximum atomic E-state index is 10.9. The molecular weight excluding hydrogens is 238 g/mol. The first kappa shape index (κ1) is 11.9. The maximum absolute atomic E-state index is 10.9. The SMILES string of the molecule is Cc1cnc(NC(C)c2nn[nH]n2)c([N+](=O)[O-])c1. The Balaban J connectivity index is 2.26. The molecule has 18 heavy (non-hydrogen) atoms. The van der Waals surface area contributed by atoms with Crippen molar-refractivity contribution in [1.82, 2.24) is 25.6 Å². The summed E-state index contributed by atoms with van der Waals surface area (Å²) in [5.74, 6) is 0.592. The molecule has 1 unspecified atom stereocenters. The molecular formula is C9H11N7O2. The van der Waals surface area contributed by atoms with E-state index in [-0.39, 0.29) is 17.5 Å². The van der Waals surface area contributed by atoms with Gasteiger partial charge in [-0.2, -0.15) is 5.21 Å². The zero-order valence-corrected chi connectivity index (χ0v) is 9.78. The first-order chi connectivity index (χ1) is 8.58. The van der Waals surface area contributed by atoms with E-state index in [2.05, 4.69) is 30.9 Å². The lowest BCUT2D eigenvalue weighted by Crippen LogP contribution is -2.11. The molecule has 2 N–H and O–H groups in total. The number of nitrogens with zero attached hydrogens (tertiary/aromatic N) is 5. The number of tetrazole rings is 1. The maximum Gasteiger partial charge on any atom is 0.311 e. The van der Waals surface area contributed by atoms with Gasteiger partial charge in [0.15, 0.2) is 5.82 Å². The van der Waals surface area contributed by atoms with Crippen molar-refractivity contribution in [2.45, 2.75) is 19.9 Å². The average molecular weight is 249 g/mol. The van der Waals surface area contributed by atoms with Gasteiger partial charge in [0.05, 0.1) is 11.0 Å². The minimum Gasteiger partial charge on any atom is -0.354 e. The van der Waals surface area contributed by atoms with Crippen molar-refractivity contribution < 1.29 is 4.92 Å². The smallest absolute Gasteiger partial charge is 0.311 e. The minimum absolute atomic E-state index is 0.0784. The van der Waals surface area contributed by atoms with Crippen LogP contribution in [0.15, 0.2) is 12.3 Å². The Kier molecular flexibility index (Phi) is 3.13. The molecule has 9 heteroatoms. The van der Waals surface area contributed by atoms with Crippen molar-refractivity contribution in [1.29, 1.82) is 0 Å². The van der Waals surface area contributed by atoms with Crippen LogP contribution in [-0.2, 0) is 0 Å². The van der Waals surface area contributed by atoms with E-state index in [1.807, 2.05) is 0 Å². The molecule has 0 fully saturated rings. The van der Waals surface area contributed by atoms with Crippen molar-refractivity contribution in [2.75, 3.05) is 5.32 Å². The van der Waals surface area contributed by atoms with Gasteiger partial charge in [0, 0.05) is 12.3 Å². The fourth-order valence-corrected chi connectivity index (χ4v) is 1.43. The second-order valence-electron chi connectivity index (χ2n) is 3.77. The number of aromatic amines is 1. The van der Waals surface area contributed by atoms with E-state index >= 15 is 0 Å². The monoisotopic (exact) mass is 249 g/mol. The van der Waals surface area contributed by atoms with E-state index in [1.165, 1.54) is 6.07 Å². The van der Waals surface area contributed by atoms with Crippen molar-refractivity contribution in [3.05, 3.63) is 33.8 Å². The third-order valence-electron chi connectivity index (χ3n) is 2.30. The number of rotatable bonds is 4. The zero-order chi connectivity index (χ0) is 13.1. The van der Waals surface area contributed by atoms with Crippen LogP contribution < -0.4 is 5.32 Å². The van der Waals surface area contributed by atoms with Gasteiger partial charge in [-0.15, -0.1) is 10.2 Å². The normalized spacial score (nSPS) is 12.1. The standard InChI is InChI=1S/C9H11N7O2/c1-5-3-7(16(17)18)9(10-4-5)11-6(2)8-12-14-15-13-8/h3-4,6H,1-2H3,(H,10,11)(H,12,13,14,15). The summed E-state index contributed by atoms with van der Waals surface area (Å²) in [5, 5.41) is 27.1. The Labute approximate surface area is 102 Å². The number of nitro groups is 1. The fraction of sp³-hybridized carbons (Fsp3) is 0.333. The lowest BCUT2D eigenvalue weighted by atomic mass is 10.2. The Morgan fingerprint density at radius 3 is 2.94 bits per heavy atom. The van der Waals surface area contributed by atoms with Gasteiger partial charge >= 0.3 is 5.69 Å². The van der Waals surface area contributed by atoms with Crippen molar-refractivity contribution in [3.8, 4) is 0 Å². The van der Waals surface area contributed by atoms with Crippen LogP contribution in [0.3, 0.4) is 0 Å². The molecule has 2 aromatic rings. The summed E-state index contributed by atoms with van der Waals surface area (Å²) in [7, 11) is 0. The molecule has 0 saturated carbocycles. The molecule has 0 aliphatic rings. The molecule has 2 heterocycles. The largest absolute Gasteiger partial charge is 0.354 e. The van der Waals surface area contributed by atoms with Crippen LogP contribution in [0.5, 0.6) is 0 Å².